The predicted molar refractivity (Wildman–Crippen MR) is 54.9 cm³/mol. The summed E-state index contributed by atoms with van der Waals surface area (Å²) in [6.07, 6.45) is 5.31. The van der Waals surface area contributed by atoms with E-state index in [9.17, 15) is 9.00 Å². The Balaban J connectivity index is 2.87. The average Bonchev–Trinajstić information content (AvgIpc) is 2.02. The van der Waals surface area contributed by atoms with E-state index < -0.39 is 21.4 Å². The van der Waals surface area contributed by atoms with Gasteiger partial charge in [-0.3, -0.25) is 4.79 Å². The highest BCUT2D eigenvalue weighted by Gasteiger charge is 2.39. The second kappa shape index (κ2) is 3.86. The second-order valence-electron chi connectivity index (χ2n) is 3.95. The van der Waals surface area contributed by atoms with E-state index in [0.717, 1.165) is 19.3 Å². The van der Waals surface area contributed by atoms with Crippen molar-refractivity contribution in [3.63, 3.8) is 0 Å². The Bertz CT molecular complexity index is 317. The van der Waals surface area contributed by atoms with Crippen LogP contribution < -0.4 is 10.5 Å². The molecule has 1 amide bonds. The predicted octanol–water partition coefficient (Wildman–Crippen LogP) is 0.356. The van der Waals surface area contributed by atoms with Crippen molar-refractivity contribution in [1.29, 1.82) is 4.78 Å². The summed E-state index contributed by atoms with van der Waals surface area (Å²) >= 11 is 0. The SMILES string of the molecule is CS(=N)(=O)NC1(C(N)=O)CCCCC1. The van der Waals surface area contributed by atoms with Crippen molar-refractivity contribution < 1.29 is 9.00 Å². The van der Waals surface area contributed by atoms with Gasteiger partial charge in [0.2, 0.25) is 5.91 Å². The van der Waals surface area contributed by atoms with Crippen LogP contribution in [0, 0.1) is 4.78 Å². The third-order valence-electron chi connectivity index (χ3n) is 2.57. The van der Waals surface area contributed by atoms with E-state index in [2.05, 4.69) is 4.72 Å². The van der Waals surface area contributed by atoms with Gasteiger partial charge in [0.25, 0.3) is 0 Å². The van der Waals surface area contributed by atoms with Crippen LogP contribution in [-0.2, 0) is 14.7 Å². The molecular formula is C8H17N3O2S. The molecule has 0 heterocycles. The number of nitrogens with two attached hydrogens (primary N) is 1. The average molecular weight is 219 g/mol. The molecule has 82 valence electrons. The van der Waals surface area contributed by atoms with E-state index in [4.69, 9.17) is 10.5 Å². The summed E-state index contributed by atoms with van der Waals surface area (Å²) in [6.45, 7) is 0. The zero-order valence-electron chi connectivity index (χ0n) is 8.34. The molecule has 0 aromatic rings. The molecule has 6 heteroatoms. The van der Waals surface area contributed by atoms with Crippen molar-refractivity contribution in [1.82, 2.24) is 4.72 Å². The van der Waals surface area contributed by atoms with Crippen molar-refractivity contribution in [2.24, 2.45) is 5.73 Å². The lowest BCUT2D eigenvalue weighted by molar-refractivity contribution is -0.124. The highest BCUT2D eigenvalue weighted by atomic mass is 32.2. The molecular weight excluding hydrogens is 202 g/mol. The van der Waals surface area contributed by atoms with Gasteiger partial charge in [-0.1, -0.05) is 19.3 Å². The number of rotatable bonds is 3. The first-order chi connectivity index (χ1) is 6.36. The lowest BCUT2D eigenvalue weighted by Crippen LogP contribution is -2.57. The number of carbonyl (C=O) groups excluding carboxylic acids is 1. The standard InChI is InChI=1S/C8H17N3O2S/c1-14(10,13)11-8(7(9)12)5-3-2-4-6-8/h2-6H2,1H3,(H2,9,12)(H2,10,11,13). The quantitative estimate of drug-likeness (QED) is 0.638. The zero-order valence-corrected chi connectivity index (χ0v) is 9.15. The third kappa shape index (κ3) is 2.68. The van der Waals surface area contributed by atoms with Crippen LogP contribution in [0.15, 0.2) is 0 Å². The van der Waals surface area contributed by atoms with Crippen LogP contribution in [0.3, 0.4) is 0 Å². The molecule has 1 saturated carbocycles. The summed E-state index contributed by atoms with van der Waals surface area (Å²) < 4.78 is 21.2. The van der Waals surface area contributed by atoms with Gasteiger partial charge in [-0.15, -0.1) is 0 Å². The third-order valence-corrected chi connectivity index (χ3v) is 3.35. The maximum atomic E-state index is 11.3. The molecule has 0 aromatic carbocycles. The molecule has 1 aliphatic rings. The molecule has 5 nitrogen and oxygen atoms in total. The Hall–Kier alpha value is -0.620. The number of hydrogen-bond acceptors (Lipinski definition) is 3. The number of amides is 1. The Morgan fingerprint density at radius 1 is 1.43 bits per heavy atom. The Kier molecular flexibility index (Phi) is 3.16. The maximum Gasteiger partial charge on any atom is 0.238 e. The van der Waals surface area contributed by atoms with Gasteiger partial charge >= 0.3 is 0 Å². The summed E-state index contributed by atoms with van der Waals surface area (Å²) in [5.41, 5.74) is 4.39. The molecule has 1 fully saturated rings. The van der Waals surface area contributed by atoms with Crippen molar-refractivity contribution >= 4 is 15.8 Å². The number of carbonyl (C=O) groups is 1. The molecule has 0 radical (unpaired) electrons. The molecule has 0 saturated heterocycles. The molecule has 0 aromatic heterocycles. The van der Waals surface area contributed by atoms with E-state index in [-0.39, 0.29) is 0 Å². The van der Waals surface area contributed by atoms with Crippen molar-refractivity contribution in [3.05, 3.63) is 0 Å². The minimum Gasteiger partial charge on any atom is -0.368 e. The monoisotopic (exact) mass is 219 g/mol. The van der Waals surface area contributed by atoms with Gasteiger partial charge in [0, 0.05) is 6.26 Å². The van der Waals surface area contributed by atoms with Gasteiger partial charge in [0.15, 0.2) is 0 Å². The first kappa shape index (κ1) is 11.5. The Morgan fingerprint density at radius 2 is 1.93 bits per heavy atom. The molecule has 14 heavy (non-hydrogen) atoms. The van der Waals surface area contributed by atoms with Crippen LogP contribution in [0.25, 0.3) is 0 Å². The van der Waals surface area contributed by atoms with Gasteiger partial charge in [0.05, 0.1) is 0 Å². The topological polar surface area (TPSA) is 96.0 Å². The van der Waals surface area contributed by atoms with Gasteiger partial charge in [-0.25, -0.2) is 13.7 Å². The van der Waals surface area contributed by atoms with E-state index in [1.54, 1.807) is 0 Å². The first-order valence-electron chi connectivity index (χ1n) is 4.68. The summed E-state index contributed by atoms with van der Waals surface area (Å²) in [4.78, 5) is 11.3. The van der Waals surface area contributed by atoms with Crippen LogP contribution >= 0.6 is 0 Å². The summed E-state index contributed by atoms with van der Waals surface area (Å²) in [7, 11) is -2.88. The number of hydrogen-bond donors (Lipinski definition) is 3. The molecule has 0 spiro atoms. The van der Waals surface area contributed by atoms with E-state index in [1.165, 1.54) is 6.26 Å². The van der Waals surface area contributed by atoms with Gasteiger partial charge < -0.3 is 5.73 Å². The lowest BCUT2D eigenvalue weighted by atomic mass is 9.82. The molecule has 1 atom stereocenters. The second-order valence-corrected chi connectivity index (χ2v) is 5.84. The zero-order chi connectivity index (χ0) is 10.8. The molecule has 0 aliphatic heterocycles. The van der Waals surface area contributed by atoms with Crippen LogP contribution in [-0.4, -0.2) is 21.9 Å². The van der Waals surface area contributed by atoms with Crippen LogP contribution in [0.4, 0.5) is 0 Å². The van der Waals surface area contributed by atoms with Crippen molar-refractivity contribution in [3.8, 4) is 0 Å². The first-order valence-corrected chi connectivity index (χ1v) is 6.65. The lowest BCUT2D eigenvalue weighted by Gasteiger charge is -2.34. The van der Waals surface area contributed by atoms with Crippen LogP contribution in [0.2, 0.25) is 0 Å². The van der Waals surface area contributed by atoms with Crippen LogP contribution in [0.1, 0.15) is 32.1 Å². The minimum absolute atomic E-state index is 0.487. The van der Waals surface area contributed by atoms with Crippen molar-refractivity contribution in [2.75, 3.05) is 6.26 Å². The van der Waals surface area contributed by atoms with Gasteiger partial charge in [0.1, 0.15) is 15.5 Å². The van der Waals surface area contributed by atoms with E-state index in [0.29, 0.717) is 12.8 Å². The van der Waals surface area contributed by atoms with E-state index >= 15 is 0 Å². The van der Waals surface area contributed by atoms with Gasteiger partial charge in [-0.2, -0.15) is 0 Å². The maximum absolute atomic E-state index is 11.3. The fraction of sp³-hybridized carbons (Fsp3) is 0.875. The fourth-order valence-electron chi connectivity index (χ4n) is 1.93. The molecule has 0 bridgehead atoms. The highest BCUT2D eigenvalue weighted by molar-refractivity contribution is 7.89. The highest BCUT2D eigenvalue weighted by Crippen LogP contribution is 2.28. The summed E-state index contributed by atoms with van der Waals surface area (Å²) in [6, 6.07) is 0. The smallest absolute Gasteiger partial charge is 0.238 e. The summed E-state index contributed by atoms with van der Waals surface area (Å²) in [5, 5.41) is 0. The molecule has 1 unspecified atom stereocenters. The van der Waals surface area contributed by atoms with E-state index in [1.807, 2.05) is 0 Å². The number of primary amides is 1. The van der Waals surface area contributed by atoms with Gasteiger partial charge in [-0.05, 0) is 12.8 Å². The Morgan fingerprint density at radius 3 is 2.29 bits per heavy atom. The summed E-state index contributed by atoms with van der Waals surface area (Å²) in [5.74, 6) is -0.487. The van der Waals surface area contributed by atoms with Crippen LogP contribution in [0.5, 0.6) is 0 Å². The number of nitrogens with one attached hydrogen (secondary N) is 2. The molecule has 1 aliphatic carbocycles. The normalized spacial score (nSPS) is 25.2. The Labute approximate surface area is 84.5 Å². The minimum atomic E-state index is -2.88. The molecule has 1 rings (SSSR count). The molecule has 4 N–H and O–H groups in total. The van der Waals surface area contributed by atoms with Crippen molar-refractivity contribution in [2.45, 2.75) is 37.6 Å². The largest absolute Gasteiger partial charge is 0.368 e. The fourth-order valence-corrected chi connectivity index (χ4v) is 2.98.